The number of rotatable bonds is 2. The third-order valence-corrected chi connectivity index (χ3v) is 3.72. The first-order valence-electron chi connectivity index (χ1n) is 5.90. The fourth-order valence-electron chi connectivity index (χ4n) is 2.14. The fraction of sp³-hybridized carbons (Fsp3) is 0.0667. The number of fused-ring (bicyclic) bond motifs is 1. The van der Waals surface area contributed by atoms with Crippen molar-refractivity contribution in [2.24, 2.45) is 0 Å². The zero-order valence-electron chi connectivity index (χ0n) is 10.4. The van der Waals surface area contributed by atoms with Crippen molar-refractivity contribution in [1.82, 2.24) is 9.55 Å². The molecular weight excluding hydrogens is 256 g/mol. The highest BCUT2D eigenvalue weighted by molar-refractivity contribution is 7.98. The summed E-state index contributed by atoms with van der Waals surface area (Å²) in [6.07, 6.45) is 5.36. The van der Waals surface area contributed by atoms with Crippen LogP contribution in [0.5, 0.6) is 0 Å². The summed E-state index contributed by atoms with van der Waals surface area (Å²) >= 11 is 1.55. The van der Waals surface area contributed by atoms with Gasteiger partial charge in [-0.05, 0) is 24.5 Å². The lowest BCUT2D eigenvalue weighted by atomic mass is 10.2. The number of para-hydroxylation sites is 1. The van der Waals surface area contributed by atoms with Crippen molar-refractivity contribution in [1.29, 1.82) is 0 Å². The van der Waals surface area contributed by atoms with Gasteiger partial charge >= 0.3 is 0 Å². The molecule has 3 rings (SSSR count). The minimum atomic E-state index is 0.0360. The number of hydrogen-bond donors (Lipinski definition) is 0. The van der Waals surface area contributed by atoms with Crippen LogP contribution in [0.15, 0.2) is 64.7 Å². The van der Waals surface area contributed by atoms with Crippen LogP contribution in [0.3, 0.4) is 0 Å². The molecule has 0 amide bonds. The molecule has 0 aliphatic heterocycles. The highest BCUT2D eigenvalue weighted by Crippen LogP contribution is 2.23. The lowest BCUT2D eigenvalue weighted by Crippen LogP contribution is -2.10. The predicted octanol–water partition coefficient (Wildman–Crippen LogP) is 3.11. The summed E-state index contributed by atoms with van der Waals surface area (Å²) in [7, 11) is 0. The van der Waals surface area contributed by atoms with Crippen LogP contribution in [0.2, 0.25) is 0 Å². The van der Waals surface area contributed by atoms with Gasteiger partial charge in [0.1, 0.15) is 0 Å². The molecule has 0 N–H and O–H groups in total. The molecule has 0 aliphatic carbocycles. The maximum atomic E-state index is 12.1. The van der Waals surface area contributed by atoms with Gasteiger partial charge in [0.25, 0.3) is 0 Å². The average Bonchev–Trinajstić information content (AvgIpc) is 2.48. The molecule has 94 valence electrons. The Morgan fingerprint density at radius 2 is 1.95 bits per heavy atom. The van der Waals surface area contributed by atoms with E-state index in [0.717, 1.165) is 16.2 Å². The first kappa shape index (κ1) is 12.0. The van der Waals surface area contributed by atoms with E-state index in [1.165, 1.54) is 0 Å². The first-order valence-corrected chi connectivity index (χ1v) is 7.13. The molecular formula is C15H12N2OS. The SMILES string of the molecule is CSc1cc(=O)c2ccncc2n1-c1ccccc1. The number of nitrogens with zero attached hydrogens (tertiary/aromatic N) is 2. The van der Waals surface area contributed by atoms with Gasteiger partial charge in [-0.2, -0.15) is 0 Å². The van der Waals surface area contributed by atoms with Crippen LogP contribution >= 0.6 is 11.8 Å². The van der Waals surface area contributed by atoms with Crippen LogP contribution in [0.25, 0.3) is 16.6 Å². The fourth-order valence-corrected chi connectivity index (χ4v) is 2.75. The monoisotopic (exact) mass is 268 g/mol. The van der Waals surface area contributed by atoms with Gasteiger partial charge in [-0.3, -0.25) is 9.78 Å². The Morgan fingerprint density at radius 3 is 2.68 bits per heavy atom. The quantitative estimate of drug-likeness (QED) is 0.670. The van der Waals surface area contributed by atoms with Gasteiger partial charge in [-0.1, -0.05) is 18.2 Å². The molecule has 0 radical (unpaired) electrons. The van der Waals surface area contributed by atoms with Gasteiger partial charge in [-0.15, -0.1) is 11.8 Å². The van der Waals surface area contributed by atoms with Crippen molar-refractivity contribution in [3.8, 4) is 5.69 Å². The van der Waals surface area contributed by atoms with Gasteiger partial charge in [0.05, 0.1) is 16.7 Å². The van der Waals surface area contributed by atoms with Gasteiger partial charge in [0.15, 0.2) is 5.43 Å². The molecule has 3 nitrogen and oxygen atoms in total. The largest absolute Gasteiger partial charge is 0.302 e. The van der Waals surface area contributed by atoms with Crippen molar-refractivity contribution in [3.05, 3.63) is 65.1 Å². The lowest BCUT2D eigenvalue weighted by molar-refractivity contribution is 0.957. The molecule has 1 aromatic carbocycles. The number of pyridine rings is 2. The van der Waals surface area contributed by atoms with Crippen molar-refractivity contribution in [3.63, 3.8) is 0 Å². The maximum Gasteiger partial charge on any atom is 0.190 e. The van der Waals surface area contributed by atoms with Crippen LogP contribution in [0.4, 0.5) is 0 Å². The first-order chi connectivity index (χ1) is 9.31. The molecule has 0 aliphatic rings. The molecule has 2 heterocycles. The van der Waals surface area contributed by atoms with Crippen molar-refractivity contribution in [2.75, 3.05) is 6.26 Å². The van der Waals surface area contributed by atoms with E-state index in [1.54, 1.807) is 36.3 Å². The Hall–Kier alpha value is -2.07. The molecule has 0 atom stereocenters. The Kier molecular flexibility index (Phi) is 3.09. The predicted molar refractivity (Wildman–Crippen MR) is 79.1 cm³/mol. The highest BCUT2D eigenvalue weighted by atomic mass is 32.2. The summed E-state index contributed by atoms with van der Waals surface area (Å²) in [6.45, 7) is 0. The molecule has 0 bridgehead atoms. The van der Waals surface area contributed by atoms with E-state index >= 15 is 0 Å². The summed E-state index contributed by atoms with van der Waals surface area (Å²) < 4.78 is 2.06. The van der Waals surface area contributed by atoms with E-state index in [-0.39, 0.29) is 5.43 Å². The van der Waals surface area contributed by atoms with Gasteiger partial charge in [-0.25, -0.2) is 0 Å². The Labute approximate surface area is 114 Å². The van der Waals surface area contributed by atoms with Crippen LogP contribution in [-0.2, 0) is 0 Å². The summed E-state index contributed by atoms with van der Waals surface area (Å²) in [5.74, 6) is 0. The van der Waals surface area contributed by atoms with E-state index < -0.39 is 0 Å². The number of hydrogen-bond acceptors (Lipinski definition) is 3. The number of benzene rings is 1. The van der Waals surface area contributed by atoms with Gasteiger partial charge in [0.2, 0.25) is 0 Å². The summed E-state index contributed by atoms with van der Waals surface area (Å²) in [5.41, 5.74) is 1.91. The smallest absolute Gasteiger partial charge is 0.190 e. The molecule has 4 heteroatoms. The highest BCUT2D eigenvalue weighted by Gasteiger charge is 2.09. The molecule has 0 spiro atoms. The second-order valence-corrected chi connectivity index (χ2v) is 4.94. The van der Waals surface area contributed by atoms with Crippen LogP contribution in [0.1, 0.15) is 0 Å². The van der Waals surface area contributed by atoms with E-state index in [0.29, 0.717) is 5.39 Å². The maximum absolute atomic E-state index is 12.1. The number of thioether (sulfide) groups is 1. The molecule has 2 aromatic heterocycles. The van der Waals surface area contributed by atoms with Crippen molar-refractivity contribution in [2.45, 2.75) is 5.03 Å². The Morgan fingerprint density at radius 1 is 1.16 bits per heavy atom. The normalized spacial score (nSPS) is 10.8. The standard InChI is InChI=1S/C15H12N2OS/c1-19-15-9-14(18)12-7-8-16-10-13(12)17(15)11-5-3-2-4-6-11/h2-10H,1H3. The Balaban J connectivity index is 2.46. The van der Waals surface area contributed by atoms with Crippen LogP contribution in [-0.4, -0.2) is 15.8 Å². The number of aromatic nitrogens is 2. The summed E-state index contributed by atoms with van der Waals surface area (Å²) in [6, 6.07) is 13.4. The zero-order valence-corrected chi connectivity index (χ0v) is 11.2. The molecule has 0 fully saturated rings. The van der Waals surface area contributed by atoms with Crippen molar-refractivity contribution >= 4 is 22.7 Å². The molecule has 19 heavy (non-hydrogen) atoms. The van der Waals surface area contributed by atoms with Crippen LogP contribution in [0, 0.1) is 0 Å². The summed E-state index contributed by atoms with van der Waals surface area (Å²) in [5, 5.41) is 1.60. The molecule has 3 aromatic rings. The Bertz CT molecular complexity index is 781. The topological polar surface area (TPSA) is 34.9 Å². The van der Waals surface area contributed by atoms with E-state index in [1.807, 2.05) is 36.6 Å². The van der Waals surface area contributed by atoms with E-state index in [4.69, 9.17) is 0 Å². The third-order valence-electron chi connectivity index (χ3n) is 3.00. The van der Waals surface area contributed by atoms with Crippen molar-refractivity contribution < 1.29 is 0 Å². The third kappa shape index (κ3) is 2.04. The lowest BCUT2D eigenvalue weighted by Gasteiger charge is -2.14. The van der Waals surface area contributed by atoms with Gasteiger partial charge in [0, 0.05) is 23.3 Å². The molecule has 0 saturated carbocycles. The summed E-state index contributed by atoms with van der Waals surface area (Å²) in [4.78, 5) is 16.2. The second-order valence-electron chi connectivity index (χ2n) is 4.11. The van der Waals surface area contributed by atoms with Crippen LogP contribution < -0.4 is 5.43 Å². The van der Waals surface area contributed by atoms with E-state index in [2.05, 4.69) is 9.55 Å². The van der Waals surface area contributed by atoms with Gasteiger partial charge < -0.3 is 4.57 Å². The average molecular weight is 268 g/mol. The minimum absolute atomic E-state index is 0.0360. The molecule has 0 unspecified atom stereocenters. The zero-order chi connectivity index (χ0) is 13.2. The van der Waals surface area contributed by atoms with E-state index in [9.17, 15) is 4.79 Å². The minimum Gasteiger partial charge on any atom is -0.302 e. The molecule has 0 saturated heterocycles. The second kappa shape index (κ2) is 4.90.